The fourth-order valence-electron chi connectivity index (χ4n) is 2.26. The van der Waals surface area contributed by atoms with Gasteiger partial charge in [-0.3, -0.25) is 9.48 Å². The van der Waals surface area contributed by atoms with Gasteiger partial charge in [0.05, 0.1) is 11.6 Å². The van der Waals surface area contributed by atoms with Gasteiger partial charge in [-0.25, -0.2) is 0 Å². The SMILES string of the molecule is Cc1cc(NC(=O)C2CCCC2N)n(C)n1. The first-order valence-corrected chi connectivity index (χ1v) is 5.65. The average molecular weight is 222 g/mol. The van der Waals surface area contributed by atoms with Crippen LogP contribution in [-0.2, 0) is 11.8 Å². The van der Waals surface area contributed by atoms with E-state index in [9.17, 15) is 4.79 Å². The van der Waals surface area contributed by atoms with Crippen molar-refractivity contribution < 1.29 is 4.79 Å². The quantitative estimate of drug-likeness (QED) is 0.777. The lowest BCUT2D eigenvalue weighted by Gasteiger charge is -2.14. The van der Waals surface area contributed by atoms with Gasteiger partial charge < -0.3 is 11.1 Å². The van der Waals surface area contributed by atoms with Crippen LogP contribution in [0.5, 0.6) is 0 Å². The van der Waals surface area contributed by atoms with E-state index in [0.717, 1.165) is 30.8 Å². The zero-order valence-corrected chi connectivity index (χ0v) is 9.73. The Labute approximate surface area is 95.0 Å². The van der Waals surface area contributed by atoms with Crippen LogP contribution in [-0.4, -0.2) is 21.7 Å². The summed E-state index contributed by atoms with van der Waals surface area (Å²) in [4.78, 5) is 12.0. The number of nitrogens with two attached hydrogens (primary N) is 1. The van der Waals surface area contributed by atoms with Crippen molar-refractivity contribution in [1.29, 1.82) is 0 Å². The summed E-state index contributed by atoms with van der Waals surface area (Å²) in [6, 6.07) is 1.87. The smallest absolute Gasteiger partial charge is 0.230 e. The number of carbonyl (C=O) groups excluding carboxylic acids is 1. The maximum absolute atomic E-state index is 12.0. The van der Waals surface area contributed by atoms with Gasteiger partial charge in [0.25, 0.3) is 0 Å². The van der Waals surface area contributed by atoms with Gasteiger partial charge in [0.1, 0.15) is 5.82 Å². The van der Waals surface area contributed by atoms with Crippen molar-refractivity contribution in [3.05, 3.63) is 11.8 Å². The Hall–Kier alpha value is -1.36. The van der Waals surface area contributed by atoms with Crippen molar-refractivity contribution in [1.82, 2.24) is 9.78 Å². The van der Waals surface area contributed by atoms with E-state index < -0.39 is 0 Å². The van der Waals surface area contributed by atoms with Crippen molar-refractivity contribution in [3.63, 3.8) is 0 Å². The van der Waals surface area contributed by atoms with Crippen LogP contribution in [0.3, 0.4) is 0 Å². The fraction of sp³-hybridized carbons (Fsp3) is 0.636. The van der Waals surface area contributed by atoms with Crippen LogP contribution in [0.4, 0.5) is 5.82 Å². The Morgan fingerprint density at radius 3 is 2.88 bits per heavy atom. The lowest BCUT2D eigenvalue weighted by Crippen LogP contribution is -2.34. The molecule has 0 saturated heterocycles. The molecule has 1 aromatic heterocycles. The number of carbonyl (C=O) groups is 1. The molecule has 1 amide bonds. The number of hydrogen-bond donors (Lipinski definition) is 2. The molecule has 0 radical (unpaired) electrons. The molecule has 1 aromatic rings. The number of hydrogen-bond acceptors (Lipinski definition) is 3. The molecule has 88 valence electrons. The fourth-order valence-corrected chi connectivity index (χ4v) is 2.26. The second-order valence-corrected chi connectivity index (χ2v) is 4.49. The highest BCUT2D eigenvalue weighted by molar-refractivity contribution is 5.92. The van der Waals surface area contributed by atoms with Gasteiger partial charge in [-0.05, 0) is 19.8 Å². The van der Waals surface area contributed by atoms with Gasteiger partial charge in [-0.15, -0.1) is 0 Å². The lowest BCUT2D eigenvalue weighted by molar-refractivity contribution is -0.120. The van der Waals surface area contributed by atoms with Crippen molar-refractivity contribution in [2.24, 2.45) is 18.7 Å². The van der Waals surface area contributed by atoms with E-state index in [4.69, 9.17) is 5.73 Å². The zero-order valence-electron chi connectivity index (χ0n) is 9.73. The Balaban J connectivity index is 2.04. The number of nitrogens with one attached hydrogen (secondary N) is 1. The van der Waals surface area contributed by atoms with E-state index in [1.807, 2.05) is 20.0 Å². The third-order valence-electron chi connectivity index (χ3n) is 3.16. The lowest BCUT2D eigenvalue weighted by atomic mass is 10.0. The number of amides is 1. The maximum atomic E-state index is 12.0. The number of aromatic nitrogens is 2. The van der Waals surface area contributed by atoms with Crippen molar-refractivity contribution in [3.8, 4) is 0 Å². The standard InChI is InChI=1S/C11H18N4O/c1-7-6-10(15(2)14-7)13-11(16)8-4-3-5-9(8)12/h6,8-9H,3-5,12H2,1-2H3,(H,13,16). The van der Waals surface area contributed by atoms with E-state index >= 15 is 0 Å². The van der Waals surface area contributed by atoms with E-state index in [2.05, 4.69) is 10.4 Å². The molecule has 1 heterocycles. The summed E-state index contributed by atoms with van der Waals surface area (Å²) in [6.45, 7) is 1.90. The Morgan fingerprint density at radius 2 is 2.38 bits per heavy atom. The summed E-state index contributed by atoms with van der Waals surface area (Å²) < 4.78 is 1.67. The summed E-state index contributed by atoms with van der Waals surface area (Å²) in [5, 5.41) is 7.07. The monoisotopic (exact) mass is 222 g/mol. The Kier molecular flexibility index (Phi) is 2.96. The van der Waals surface area contributed by atoms with Crippen molar-refractivity contribution in [2.45, 2.75) is 32.2 Å². The number of nitrogens with zero attached hydrogens (tertiary/aromatic N) is 2. The molecule has 0 aliphatic heterocycles. The first-order chi connectivity index (χ1) is 7.58. The highest BCUT2D eigenvalue weighted by atomic mass is 16.2. The minimum Gasteiger partial charge on any atom is -0.327 e. The molecule has 0 spiro atoms. The van der Waals surface area contributed by atoms with Crippen LogP contribution >= 0.6 is 0 Å². The summed E-state index contributed by atoms with van der Waals surface area (Å²) in [5.74, 6) is 0.713. The highest BCUT2D eigenvalue weighted by Gasteiger charge is 2.30. The van der Waals surface area contributed by atoms with E-state index in [1.54, 1.807) is 4.68 Å². The average Bonchev–Trinajstić information content (AvgIpc) is 2.74. The van der Waals surface area contributed by atoms with E-state index in [0.29, 0.717) is 0 Å². The maximum Gasteiger partial charge on any atom is 0.230 e. The number of rotatable bonds is 2. The third kappa shape index (κ3) is 2.09. The molecule has 0 aromatic carbocycles. The molecular weight excluding hydrogens is 204 g/mol. The summed E-state index contributed by atoms with van der Waals surface area (Å²) in [7, 11) is 1.82. The molecule has 1 saturated carbocycles. The molecule has 1 aliphatic carbocycles. The summed E-state index contributed by atoms with van der Waals surface area (Å²) in [5.41, 5.74) is 6.79. The molecule has 0 bridgehead atoms. The van der Waals surface area contributed by atoms with Gasteiger partial charge in [0.15, 0.2) is 0 Å². The number of aryl methyl sites for hydroxylation is 2. The van der Waals surface area contributed by atoms with Crippen LogP contribution < -0.4 is 11.1 Å². The van der Waals surface area contributed by atoms with Crippen LogP contribution in [0.25, 0.3) is 0 Å². The predicted molar refractivity (Wildman–Crippen MR) is 61.9 cm³/mol. The number of anilines is 1. The largest absolute Gasteiger partial charge is 0.327 e. The normalized spacial score (nSPS) is 24.7. The van der Waals surface area contributed by atoms with Gasteiger partial charge in [-0.2, -0.15) is 5.10 Å². The molecule has 5 nitrogen and oxygen atoms in total. The molecular formula is C11H18N4O. The molecule has 2 atom stereocenters. The summed E-state index contributed by atoms with van der Waals surface area (Å²) >= 11 is 0. The second kappa shape index (κ2) is 4.25. The van der Waals surface area contributed by atoms with Gasteiger partial charge >= 0.3 is 0 Å². The second-order valence-electron chi connectivity index (χ2n) is 4.49. The molecule has 2 rings (SSSR count). The van der Waals surface area contributed by atoms with Crippen LogP contribution in [0, 0.1) is 12.8 Å². The molecule has 5 heteroatoms. The van der Waals surface area contributed by atoms with Gasteiger partial charge in [-0.1, -0.05) is 6.42 Å². The first-order valence-electron chi connectivity index (χ1n) is 5.65. The van der Waals surface area contributed by atoms with E-state index in [1.165, 1.54) is 0 Å². The third-order valence-corrected chi connectivity index (χ3v) is 3.16. The molecule has 1 aliphatic rings. The zero-order chi connectivity index (χ0) is 11.7. The van der Waals surface area contributed by atoms with Crippen LogP contribution in [0.1, 0.15) is 25.0 Å². The Morgan fingerprint density at radius 1 is 1.62 bits per heavy atom. The molecule has 3 N–H and O–H groups in total. The van der Waals surface area contributed by atoms with Gasteiger partial charge in [0.2, 0.25) is 5.91 Å². The van der Waals surface area contributed by atoms with Crippen molar-refractivity contribution in [2.75, 3.05) is 5.32 Å². The topological polar surface area (TPSA) is 72.9 Å². The Bertz CT molecular complexity index is 399. The van der Waals surface area contributed by atoms with Crippen LogP contribution in [0.15, 0.2) is 6.07 Å². The summed E-state index contributed by atoms with van der Waals surface area (Å²) in [6.07, 6.45) is 2.88. The van der Waals surface area contributed by atoms with Crippen molar-refractivity contribution >= 4 is 11.7 Å². The predicted octanol–water partition coefficient (Wildman–Crippen LogP) is 0.794. The highest BCUT2D eigenvalue weighted by Crippen LogP contribution is 2.25. The minimum atomic E-state index is -0.0461. The van der Waals surface area contributed by atoms with Crippen LogP contribution in [0.2, 0.25) is 0 Å². The van der Waals surface area contributed by atoms with Gasteiger partial charge in [0, 0.05) is 19.2 Å². The molecule has 16 heavy (non-hydrogen) atoms. The van der Waals surface area contributed by atoms with E-state index in [-0.39, 0.29) is 17.9 Å². The molecule has 1 fully saturated rings. The molecule has 2 unspecified atom stereocenters. The first kappa shape index (κ1) is 11.1. The minimum absolute atomic E-state index is 0.00863.